The number of hydrogen-bond acceptors (Lipinski definition) is 5. The number of piperazine rings is 1. The van der Waals surface area contributed by atoms with Crippen molar-refractivity contribution in [1.29, 1.82) is 0 Å². The maximum Gasteiger partial charge on any atom is 0.409 e. The molecule has 0 spiro atoms. The van der Waals surface area contributed by atoms with E-state index in [4.69, 9.17) is 9.26 Å². The highest BCUT2D eigenvalue weighted by Gasteiger charge is 2.27. The van der Waals surface area contributed by atoms with Gasteiger partial charge >= 0.3 is 6.09 Å². The molecule has 1 aromatic heterocycles. The Morgan fingerprint density at radius 2 is 1.95 bits per heavy atom. The molecule has 1 fully saturated rings. The van der Waals surface area contributed by atoms with E-state index in [0.29, 0.717) is 44.0 Å². The molecule has 0 bridgehead atoms. The summed E-state index contributed by atoms with van der Waals surface area (Å²) >= 11 is 0. The lowest BCUT2D eigenvalue weighted by Gasteiger charge is -2.33. The van der Waals surface area contributed by atoms with Crippen molar-refractivity contribution in [3.63, 3.8) is 0 Å². The maximum atomic E-state index is 12.2. The normalized spacial score (nSPS) is 15.5. The van der Waals surface area contributed by atoms with Crippen LogP contribution in [0.1, 0.15) is 23.0 Å². The standard InChI is InChI=1S/C12H17N3O4/c1-3-18-12(17)15-6-4-14(5-7-15)11(16)10-8-19-13-9(10)2/h8H,3-7H2,1-2H3. The first-order valence-corrected chi connectivity index (χ1v) is 6.25. The third-order valence-electron chi connectivity index (χ3n) is 3.07. The third-order valence-corrected chi connectivity index (χ3v) is 3.07. The number of ether oxygens (including phenoxy) is 1. The number of carbonyl (C=O) groups is 2. The molecule has 0 N–H and O–H groups in total. The highest BCUT2D eigenvalue weighted by Crippen LogP contribution is 2.12. The predicted octanol–water partition coefficient (Wildman–Crippen LogP) is 0.897. The highest BCUT2D eigenvalue weighted by atomic mass is 16.6. The van der Waals surface area contributed by atoms with E-state index in [0.717, 1.165) is 0 Å². The van der Waals surface area contributed by atoms with Crippen LogP contribution in [-0.4, -0.2) is 59.7 Å². The number of nitrogens with zero attached hydrogens (tertiary/aromatic N) is 3. The van der Waals surface area contributed by atoms with Gasteiger partial charge in [0, 0.05) is 26.2 Å². The molecule has 0 unspecified atom stereocenters. The second-order valence-electron chi connectivity index (χ2n) is 4.29. The maximum absolute atomic E-state index is 12.2. The molecule has 7 nitrogen and oxygen atoms in total. The van der Waals surface area contributed by atoms with Crippen LogP contribution in [0.3, 0.4) is 0 Å². The zero-order valence-corrected chi connectivity index (χ0v) is 11.1. The average molecular weight is 267 g/mol. The van der Waals surface area contributed by atoms with Crippen molar-refractivity contribution < 1.29 is 18.8 Å². The number of amides is 2. The largest absolute Gasteiger partial charge is 0.450 e. The Morgan fingerprint density at radius 1 is 1.32 bits per heavy atom. The van der Waals surface area contributed by atoms with Gasteiger partial charge in [0.2, 0.25) is 0 Å². The molecule has 1 saturated heterocycles. The lowest BCUT2D eigenvalue weighted by Crippen LogP contribution is -2.50. The molecule has 0 radical (unpaired) electrons. The molecule has 104 valence electrons. The van der Waals surface area contributed by atoms with Crippen LogP contribution in [0.4, 0.5) is 4.79 Å². The molecule has 0 aliphatic carbocycles. The van der Waals surface area contributed by atoms with Crippen LogP contribution < -0.4 is 0 Å². The topological polar surface area (TPSA) is 75.9 Å². The van der Waals surface area contributed by atoms with Gasteiger partial charge in [-0.1, -0.05) is 5.16 Å². The first kappa shape index (κ1) is 13.4. The minimum atomic E-state index is -0.323. The molecular formula is C12H17N3O4. The Hall–Kier alpha value is -2.05. The van der Waals surface area contributed by atoms with Gasteiger partial charge in [-0.05, 0) is 13.8 Å². The Bertz CT molecular complexity index is 463. The predicted molar refractivity (Wildman–Crippen MR) is 65.7 cm³/mol. The summed E-state index contributed by atoms with van der Waals surface area (Å²) in [4.78, 5) is 27.0. The van der Waals surface area contributed by atoms with Crippen molar-refractivity contribution in [2.24, 2.45) is 0 Å². The van der Waals surface area contributed by atoms with Crippen LogP contribution in [0, 0.1) is 6.92 Å². The lowest BCUT2D eigenvalue weighted by molar-refractivity contribution is 0.0569. The van der Waals surface area contributed by atoms with E-state index < -0.39 is 0 Å². The minimum absolute atomic E-state index is 0.109. The van der Waals surface area contributed by atoms with Gasteiger partial charge in [-0.25, -0.2) is 4.79 Å². The minimum Gasteiger partial charge on any atom is -0.450 e. The van der Waals surface area contributed by atoms with Gasteiger partial charge in [0.15, 0.2) is 0 Å². The molecule has 0 atom stereocenters. The molecule has 19 heavy (non-hydrogen) atoms. The van der Waals surface area contributed by atoms with E-state index in [1.54, 1.807) is 23.6 Å². The van der Waals surface area contributed by atoms with E-state index in [1.807, 2.05) is 0 Å². The van der Waals surface area contributed by atoms with Crippen molar-refractivity contribution in [3.8, 4) is 0 Å². The lowest BCUT2D eigenvalue weighted by atomic mass is 10.2. The van der Waals surface area contributed by atoms with Gasteiger partial charge in [-0.3, -0.25) is 4.79 Å². The number of rotatable bonds is 2. The van der Waals surface area contributed by atoms with E-state index in [1.165, 1.54) is 6.26 Å². The zero-order valence-electron chi connectivity index (χ0n) is 11.1. The van der Waals surface area contributed by atoms with Gasteiger partial charge in [0.25, 0.3) is 5.91 Å². The van der Waals surface area contributed by atoms with E-state index in [2.05, 4.69) is 5.16 Å². The molecule has 1 aliphatic heterocycles. The van der Waals surface area contributed by atoms with E-state index >= 15 is 0 Å². The quantitative estimate of drug-likeness (QED) is 0.795. The van der Waals surface area contributed by atoms with Gasteiger partial charge in [0.05, 0.1) is 12.3 Å². The van der Waals surface area contributed by atoms with Crippen LogP contribution in [0.25, 0.3) is 0 Å². The molecule has 7 heteroatoms. The van der Waals surface area contributed by atoms with Crippen molar-refractivity contribution >= 4 is 12.0 Å². The molecule has 0 saturated carbocycles. The second-order valence-corrected chi connectivity index (χ2v) is 4.29. The van der Waals surface area contributed by atoms with Crippen LogP contribution in [-0.2, 0) is 4.74 Å². The Kier molecular flexibility index (Phi) is 4.03. The van der Waals surface area contributed by atoms with Crippen molar-refractivity contribution in [3.05, 3.63) is 17.5 Å². The number of hydrogen-bond donors (Lipinski definition) is 0. The van der Waals surface area contributed by atoms with Crippen molar-refractivity contribution in [1.82, 2.24) is 15.0 Å². The number of aryl methyl sites for hydroxylation is 1. The summed E-state index contributed by atoms with van der Waals surface area (Å²) in [6.07, 6.45) is 1.03. The number of aromatic nitrogens is 1. The van der Waals surface area contributed by atoms with Crippen LogP contribution in [0.2, 0.25) is 0 Å². The smallest absolute Gasteiger partial charge is 0.409 e. The van der Waals surface area contributed by atoms with Gasteiger partial charge in [0.1, 0.15) is 11.8 Å². The molecule has 1 aliphatic rings. The summed E-state index contributed by atoms with van der Waals surface area (Å²) in [7, 11) is 0. The number of carbonyl (C=O) groups excluding carboxylic acids is 2. The summed E-state index contributed by atoms with van der Waals surface area (Å²) < 4.78 is 9.69. The van der Waals surface area contributed by atoms with E-state index in [9.17, 15) is 9.59 Å². The van der Waals surface area contributed by atoms with Gasteiger partial charge in [-0.15, -0.1) is 0 Å². The monoisotopic (exact) mass is 267 g/mol. The van der Waals surface area contributed by atoms with Crippen LogP contribution in [0.5, 0.6) is 0 Å². The summed E-state index contributed by atoms with van der Waals surface area (Å²) in [5.74, 6) is -0.109. The van der Waals surface area contributed by atoms with Crippen molar-refractivity contribution in [2.75, 3.05) is 32.8 Å². The zero-order chi connectivity index (χ0) is 13.8. The molecule has 1 aromatic rings. The summed E-state index contributed by atoms with van der Waals surface area (Å²) in [6.45, 7) is 5.80. The summed E-state index contributed by atoms with van der Waals surface area (Å²) in [5.41, 5.74) is 1.06. The third kappa shape index (κ3) is 2.86. The SMILES string of the molecule is CCOC(=O)N1CCN(C(=O)c2conc2C)CC1. The average Bonchev–Trinajstić information content (AvgIpc) is 2.84. The first-order valence-electron chi connectivity index (χ1n) is 6.25. The Balaban J connectivity index is 1.92. The van der Waals surface area contributed by atoms with Crippen molar-refractivity contribution in [2.45, 2.75) is 13.8 Å². The second kappa shape index (κ2) is 5.73. The van der Waals surface area contributed by atoms with Gasteiger partial charge in [-0.2, -0.15) is 0 Å². The summed E-state index contributed by atoms with van der Waals surface area (Å²) in [6, 6.07) is 0. The van der Waals surface area contributed by atoms with Crippen LogP contribution >= 0.6 is 0 Å². The molecule has 2 rings (SSSR count). The Morgan fingerprint density at radius 3 is 2.47 bits per heavy atom. The first-order chi connectivity index (χ1) is 9.13. The highest BCUT2D eigenvalue weighted by molar-refractivity contribution is 5.95. The molecule has 2 heterocycles. The molecule has 0 aromatic carbocycles. The summed E-state index contributed by atoms with van der Waals surface area (Å²) in [5, 5.41) is 3.69. The fourth-order valence-electron chi connectivity index (χ4n) is 1.97. The van der Waals surface area contributed by atoms with Gasteiger partial charge < -0.3 is 19.1 Å². The molecule has 2 amide bonds. The fraction of sp³-hybridized carbons (Fsp3) is 0.583. The molecular weight excluding hydrogens is 250 g/mol. The fourth-order valence-corrected chi connectivity index (χ4v) is 1.97. The van der Waals surface area contributed by atoms with E-state index in [-0.39, 0.29) is 12.0 Å². The Labute approximate surface area is 111 Å². The van der Waals surface area contributed by atoms with Crippen LogP contribution in [0.15, 0.2) is 10.8 Å².